The van der Waals surface area contributed by atoms with Crippen LogP contribution in [0.4, 0.5) is 0 Å². The quantitative estimate of drug-likeness (QED) is 0.902. The van der Waals surface area contributed by atoms with Crippen molar-refractivity contribution in [2.75, 3.05) is 20.1 Å². The van der Waals surface area contributed by atoms with Gasteiger partial charge in [-0.25, -0.2) is 0 Å². The first-order valence-electron chi connectivity index (χ1n) is 10.1. The number of aromatic nitrogens is 1. The van der Waals surface area contributed by atoms with Crippen molar-refractivity contribution in [2.24, 2.45) is 5.92 Å². The van der Waals surface area contributed by atoms with Gasteiger partial charge in [0.1, 0.15) is 0 Å². The summed E-state index contributed by atoms with van der Waals surface area (Å²) in [6.45, 7) is 4.19. The van der Waals surface area contributed by atoms with Gasteiger partial charge in [-0.05, 0) is 49.4 Å². The lowest BCUT2D eigenvalue weighted by molar-refractivity contribution is 0.166. The molecule has 1 aromatic carbocycles. The molecule has 0 amide bonds. The molecular weight excluding hydrogens is 336 g/mol. The summed E-state index contributed by atoms with van der Waals surface area (Å²) in [5.74, 6) is 1.07. The summed E-state index contributed by atoms with van der Waals surface area (Å²) in [6.07, 6.45) is 5.08. The number of likely N-dealkylation sites (tertiary alicyclic amines) is 1. The molecule has 1 aliphatic heterocycles. The molecule has 3 atom stereocenters. The first kappa shape index (κ1) is 18.3. The van der Waals surface area contributed by atoms with Crippen LogP contribution in [0.5, 0.6) is 0 Å². The Bertz CT molecular complexity index is 896. The van der Waals surface area contributed by atoms with Gasteiger partial charge in [0.15, 0.2) is 5.43 Å². The molecule has 0 radical (unpaired) electrons. The number of nitrogens with zero attached hydrogens (tertiary/aromatic N) is 2. The first-order valence-corrected chi connectivity index (χ1v) is 10.1. The van der Waals surface area contributed by atoms with Gasteiger partial charge in [0.25, 0.3) is 0 Å². The molecule has 2 aromatic rings. The Hall–Kier alpha value is -2.04. The maximum atomic E-state index is 12.9. The van der Waals surface area contributed by atoms with Crippen LogP contribution in [0, 0.1) is 5.92 Å². The fraction of sp³-hybridized carbons (Fsp3) is 0.478. The number of fused-ring (bicyclic) bond motifs is 3. The van der Waals surface area contributed by atoms with Gasteiger partial charge in [-0.1, -0.05) is 31.5 Å². The van der Waals surface area contributed by atoms with Gasteiger partial charge < -0.3 is 10.0 Å². The van der Waals surface area contributed by atoms with Crippen molar-refractivity contribution in [3.05, 3.63) is 63.4 Å². The molecule has 1 N–H and O–H groups in total. The zero-order chi connectivity index (χ0) is 19.0. The van der Waals surface area contributed by atoms with Gasteiger partial charge in [0.05, 0.1) is 11.8 Å². The Morgan fingerprint density at radius 3 is 2.96 bits per heavy atom. The topological polar surface area (TPSA) is 53.4 Å². The largest absolute Gasteiger partial charge is 0.388 e. The van der Waals surface area contributed by atoms with E-state index in [9.17, 15) is 9.90 Å². The molecule has 4 heteroatoms. The third kappa shape index (κ3) is 3.56. The van der Waals surface area contributed by atoms with Gasteiger partial charge >= 0.3 is 0 Å². The second-order valence-corrected chi connectivity index (χ2v) is 8.14. The Morgan fingerprint density at radius 2 is 2.15 bits per heavy atom. The fourth-order valence-electron chi connectivity index (χ4n) is 4.76. The second kappa shape index (κ2) is 7.53. The average Bonchev–Trinajstić information content (AvgIpc) is 2.96. The predicted octanol–water partition coefficient (Wildman–Crippen LogP) is 3.53. The first-order chi connectivity index (χ1) is 13.1. The SMILES string of the molecule is CCCC(O)c1cccc(-c2cc(=O)c3c(cn2)[C@H]2CN(C)C[C@H]2CC3)c1. The van der Waals surface area contributed by atoms with Crippen molar-refractivity contribution in [3.8, 4) is 11.3 Å². The number of hydrogen-bond donors (Lipinski definition) is 1. The summed E-state index contributed by atoms with van der Waals surface area (Å²) < 4.78 is 0. The molecule has 142 valence electrons. The van der Waals surface area contributed by atoms with E-state index in [-0.39, 0.29) is 5.43 Å². The van der Waals surface area contributed by atoms with Crippen LogP contribution in [-0.4, -0.2) is 35.1 Å². The third-order valence-electron chi connectivity index (χ3n) is 6.17. The van der Waals surface area contributed by atoms with Crippen LogP contribution in [-0.2, 0) is 6.42 Å². The van der Waals surface area contributed by atoms with Crippen molar-refractivity contribution >= 4 is 0 Å². The molecule has 1 fully saturated rings. The summed E-state index contributed by atoms with van der Waals surface area (Å²) in [7, 11) is 2.16. The highest BCUT2D eigenvalue weighted by atomic mass is 16.3. The highest BCUT2D eigenvalue weighted by molar-refractivity contribution is 5.60. The van der Waals surface area contributed by atoms with Crippen molar-refractivity contribution in [3.63, 3.8) is 0 Å². The van der Waals surface area contributed by atoms with Crippen LogP contribution < -0.4 is 5.43 Å². The van der Waals surface area contributed by atoms with Crippen molar-refractivity contribution < 1.29 is 5.11 Å². The van der Waals surface area contributed by atoms with E-state index >= 15 is 0 Å². The number of benzene rings is 1. The molecule has 0 spiro atoms. The van der Waals surface area contributed by atoms with E-state index in [2.05, 4.69) is 18.9 Å². The Labute approximate surface area is 160 Å². The third-order valence-corrected chi connectivity index (χ3v) is 6.17. The van der Waals surface area contributed by atoms with Crippen LogP contribution in [0.25, 0.3) is 11.3 Å². The van der Waals surface area contributed by atoms with Gasteiger partial charge in [-0.3, -0.25) is 9.78 Å². The number of hydrogen-bond acceptors (Lipinski definition) is 4. The van der Waals surface area contributed by atoms with E-state index in [1.165, 1.54) is 0 Å². The van der Waals surface area contributed by atoms with Gasteiger partial charge in [0, 0.05) is 42.4 Å². The maximum Gasteiger partial charge on any atom is 0.184 e. The molecular formula is C23H28N2O2. The van der Waals surface area contributed by atoms with Crippen molar-refractivity contribution in [2.45, 2.75) is 44.6 Å². The molecule has 1 aliphatic carbocycles. The molecule has 2 heterocycles. The van der Waals surface area contributed by atoms with E-state index in [4.69, 9.17) is 4.98 Å². The molecule has 4 rings (SSSR count). The number of rotatable bonds is 4. The summed E-state index contributed by atoms with van der Waals surface area (Å²) in [6, 6.07) is 9.49. The van der Waals surface area contributed by atoms with Crippen molar-refractivity contribution in [1.29, 1.82) is 0 Å². The molecule has 27 heavy (non-hydrogen) atoms. The number of likely N-dealkylation sites (N-methyl/N-ethyl adjacent to an activating group) is 1. The molecule has 2 aliphatic rings. The van der Waals surface area contributed by atoms with E-state index in [0.29, 0.717) is 17.5 Å². The Balaban J connectivity index is 1.74. The average molecular weight is 364 g/mol. The monoisotopic (exact) mass is 364 g/mol. The summed E-state index contributed by atoms with van der Waals surface area (Å²) in [5, 5.41) is 10.3. The molecule has 1 unspecified atom stereocenters. The number of aliphatic hydroxyl groups excluding tert-OH is 1. The van der Waals surface area contributed by atoms with E-state index in [1.54, 1.807) is 6.07 Å². The van der Waals surface area contributed by atoms with Crippen LogP contribution in [0.15, 0.2) is 41.3 Å². The summed E-state index contributed by atoms with van der Waals surface area (Å²) in [5.41, 5.74) is 4.68. The van der Waals surface area contributed by atoms with E-state index in [1.807, 2.05) is 30.5 Å². The summed E-state index contributed by atoms with van der Waals surface area (Å²) in [4.78, 5) is 20.0. The fourth-order valence-corrected chi connectivity index (χ4v) is 4.76. The van der Waals surface area contributed by atoms with Gasteiger partial charge in [-0.15, -0.1) is 0 Å². The molecule has 0 saturated carbocycles. The molecule has 1 aromatic heterocycles. The lowest BCUT2D eigenvalue weighted by Crippen LogP contribution is -2.22. The minimum absolute atomic E-state index is 0.102. The van der Waals surface area contributed by atoms with Gasteiger partial charge in [0.2, 0.25) is 0 Å². The molecule has 1 saturated heterocycles. The van der Waals surface area contributed by atoms with Crippen LogP contribution in [0.3, 0.4) is 0 Å². The lowest BCUT2D eigenvalue weighted by Gasteiger charge is -2.25. The predicted molar refractivity (Wildman–Crippen MR) is 108 cm³/mol. The Morgan fingerprint density at radius 1 is 1.30 bits per heavy atom. The highest BCUT2D eigenvalue weighted by Gasteiger charge is 2.36. The highest BCUT2D eigenvalue weighted by Crippen LogP contribution is 2.39. The second-order valence-electron chi connectivity index (χ2n) is 8.14. The minimum Gasteiger partial charge on any atom is -0.388 e. The van der Waals surface area contributed by atoms with Crippen LogP contribution in [0.2, 0.25) is 0 Å². The normalized spacial score (nSPS) is 22.9. The standard InChI is InChI=1S/C23H28N2O2/c1-3-5-22(26)16-7-4-6-15(10-16)21-11-23(27)18-9-8-17-13-25(2)14-20(17)19(18)12-24-21/h4,6-7,10-12,17,20,22,26H,3,5,8-9,13-14H2,1-2H3/t17-,20+,22?/m1/s1. The van der Waals surface area contributed by atoms with Crippen LogP contribution in [0.1, 0.15) is 54.9 Å². The summed E-state index contributed by atoms with van der Waals surface area (Å²) >= 11 is 0. The molecule has 4 nitrogen and oxygen atoms in total. The zero-order valence-electron chi connectivity index (χ0n) is 16.2. The van der Waals surface area contributed by atoms with Crippen molar-refractivity contribution in [1.82, 2.24) is 9.88 Å². The smallest absolute Gasteiger partial charge is 0.184 e. The Kier molecular flexibility index (Phi) is 5.11. The number of aliphatic hydroxyl groups is 1. The zero-order valence-corrected chi connectivity index (χ0v) is 16.2. The van der Waals surface area contributed by atoms with E-state index < -0.39 is 6.10 Å². The van der Waals surface area contributed by atoms with Crippen LogP contribution >= 0.6 is 0 Å². The van der Waals surface area contributed by atoms with E-state index in [0.717, 1.165) is 61.0 Å². The maximum absolute atomic E-state index is 12.9. The lowest BCUT2D eigenvalue weighted by atomic mass is 9.78. The van der Waals surface area contributed by atoms with Gasteiger partial charge in [-0.2, -0.15) is 0 Å². The molecule has 0 bridgehead atoms. The minimum atomic E-state index is -0.470.